The number of aromatic hydroxyl groups is 1. The van der Waals surface area contributed by atoms with Gasteiger partial charge in [-0.25, -0.2) is 13.4 Å². The van der Waals surface area contributed by atoms with Gasteiger partial charge in [0, 0.05) is 6.04 Å². The minimum Gasteiger partial charge on any atom is -0.506 e. The number of nitrogens with zero attached hydrogens (tertiary/aromatic N) is 1. The molecule has 1 amide bonds. The number of hydrogen-bond donors (Lipinski definition) is 3. The molecular formula is C16H22FN3O4S. The fraction of sp³-hybridized carbons (Fsp3) is 0.562. The Hall–Kier alpha value is -1.87. The Kier molecular flexibility index (Phi) is 4.88. The van der Waals surface area contributed by atoms with Crippen molar-refractivity contribution in [2.75, 3.05) is 17.4 Å². The fourth-order valence-electron chi connectivity index (χ4n) is 3.67. The van der Waals surface area contributed by atoms with Gasteiger partial charge in [0.25, 0.3) is 5.91 Å². The number of phenolic OH excluding ortho intramolecular Hbond substituents is 1. The van der Waals surface area contributed by atoms with Crippen LogP contribution in [0.3, 0.4) is 0 Å². The predicted octanol–water partition coefficient (Wildman–Crippen LogP) is 1.03. The molecule has 0 radical (unpaired) electrons. The number of phenols is 1. The molecule has 2 atom stereocenters. The largest absolute Gasteiger partial charge is 0.506 e. The van der Waals surface area contributed by atoms with E-state index in [9.17, 15) is 22.7 Å². The smallest absolute Gasteiger partial charge is 0.326 e. The lowest BCUT2D eigenvalue weighted by molar-refractivity contribution is -0.117. The molecule has 2 unspecified atom stereocenters. The summed E-state index contributed by atoms with van der Waals surface area (Å²) in [6, 6.07) is 3.00. The number of amides is 1. The van der Waals surface area contributed by atoms with E-state index in [1.807, 2.05) is 0 Å². The van der Waals surface area contributed by atoms with Crippen LogP contribution in [0.25, 0.3) is 0 Å². The zero-order valence-corrected chi connectivity index (χ0v) is 14.8. The molecule has 25 heavy (non-hydrogen) atoms. The van der Waals surface area contributed by atoms with Crippen molar-refractivity contribution >= 4 is 21.8 Å². The minimum atomic E-state index is -4.16. The monoisotopic (exact) mass is 371 g/mol. The first-order valence-corrected chi connectivity index (χ1v) is 9.84. The van der Waals surface area contributed by atoms with E-state index in [0.717, 1.165) is 25.8 Å². The molecule has 2 fully saturated rings. The predicted molar refractivity (Wildman–Crippen MR) is 91.0 cm³/mol. The van der Waals surface area contributed by atoms with Gasteiger partial charge in [-0.3, -0.25) is 4.79 Å². The summed E-state index contributed by atoms with van der Waals surface area (Å²) in [5, 5.41) is 13.6. The Morgan fingerprint density at radius 1 is 1.40 bits per heavy atom. The van der Waals surface area contributed by atoms with Crippen LogP contribution in [0.15, 0.2) is 12.1 Å². The summed E-state index contributed by atoms with van der Waals surface area (Å²) in [6.07, 6.45) is 3.68. The van der Waals surface area contributed by atoms with E-state index in [1.54, 1.807) is 4.72 Å². The second-order valence-electron chi connectivity index (χ2n) is 6.58. The first-order chi connectivity index (χ1) is 11.8. The molecule has 2 aliphatic heterocycles. The normalized spacial score (nSPS) is 25.4. The van der Waals surface area contributed by atoms with Crippen molar-refractivity contribution in [3.8, 4) is 5.75 Å². The zero-order chi connectivity index (χ0) is 18.2. The number of anilines is 1. The van der Waals surface area contributed by atoms with Gasteiger partial charge in [0.15, 0.2) is 5.82 Å². The number of rotatable bonds is 5. The Morgan fingerprint density at radius 3 is 2.76 bits per heavy atom. The van der Waals surface area contributed by atoms with Gasteiger partial charge in [-0.15, -0.1) is 0 Å². The van der Waals surface area contributed by atoms with Crippen molar-refractivity contribution < 1.29 is 22.7 Å². The molecular weight excluding hydrogens is 349 g/mol. The summed E-state index contributed by atoms with van der Waals surface area (Å²) in [5.74, 6) is -1.74. The highest BCUT2D eigenvalue weighted by atomic mass is 32.2. The van der Waals surface area contributed by atoms with Gasteiger partial charge in [-0.1, -0.05) is 13.3 Å². The van der Waals surface area contributed by atoms with Crippen LogP contribution in [0.1, 0.15) is 31.7 Å². The molecule has 0 bridgehead atoms. The summed E-state index contributed by atoms with van der Waals surface area (Å²) in [5.41, 5.74) is 0.126. The van der Waals surface area contributed by atoms with Gasteiger partial charge < -0.3 is 10.4 Å². The Balaban J connectivity index is 1.85. The first-order valence-electron chi connectivity index (χ1n) is 8.40. The average Bonchev–Trinajstić information content (AvgIpc) is 3.03. The maximum Gasteiger partial charge on any atom is 0.326 e. The number of carbonyl (C=O) groups excluding carboxylic acids is 1. The van der Waals surface area contributed by atoms with Crippen molar-refractivity contribution in [2.45, 2.75) is 38.6 Å². The molecule has 9 heteroatoms. The van der Waals surface area contributed by atoms with E-state index in [1.165, 1.54) is 12.1 Å². The summed E-state index contributed by atoms with van der Waals surface area (Å²) >= 11 is 0. The fourth-order valence-corrected chi connectivity index (χ4v) is 4.84. The third kappa shape index (κ3) is 3.57. The third-order valence-electron chi connectivity index (χ3n) is 4.76. The zero-order valence-electron chi connectivity index (χ0n) is 14.0. The lowest BCUT2D eigenvalue weighted by Crippen LogP contribution is -2.30. The molecule has 138 valence electrons. The number of hydrogen-bond acceptors (Lipinski definition) is 5. The van der Waals surface area contributed by atoms with E-state index >= 15 is 0 Å². The Morgan fingerprint density at radius 2 is 2.16 bits per heavy atom. The van der Waals surface area contributed by atoms with Crippen molar-refractivity contribution in [2.24, 2.45) is 5.92 Å². The number of nitrogens with one attached hydrogen (secondary N) is 2. The molecule has 0 aliphatic carbocycles. The molecule has 3 N–H and O–H groups in total. The highest BCUT2D eigenvalue weighted by Crippen LogP contribution is 2.36. The maximum atomic E-state index is 14.5. The second kappa shape index (κ2) is 6.80. The number of benzene rings is 1. The minimum absolute atomic E-state index is 0.350. The summed E-state index contributed by atoms with van der Waals surface area (Å²) in [4.78, 5) is 11.3. The maximum absolute atomic E-state index is 14.5. The van der Waals surface area contributed by atoms with Crippen LogP contribution in [0, 0.1) is 11.7 Å². The number of carbonyl (C=O) groups is 1. The van der Waals surface area contributed by atoms with Crippen molar-refractivity contribution in [1.29, 1.82) is 0 Å². The van der Waals surface area contributed by atoms with Gasteiger partial charge in [0.2, 0.25) is 0 Å². The Labute approximate surface area is 146 Å². The van der Waals surface area contributed by atoms with Crippen molar-refractivity contribution in [1.82, 2.24) is 10.0 Å². The van der Waals surface area contributed by atoms with Gasteiger partial charge in [0.05, 0.1) is 0 Å². The van der Waals surface area contributed by atoms with Crippen molar-refractivity contribution in [3.63, 3.8) is 0 Å². The number of halogens is 1. The highest BCUT2D eigenvalue weighted by Gasteiger charge is 2.37. The van der Waals surface area contributed by atoms with Crippen LogP contribution in [-0.4, -0.2) is 38.6 Å². The highest BCUT2D eigenvalue weighted by molar-refractivity contribution is 7.92. The van der Waals surface area contributed by atoms with E-state index in [2.05, 4.69) is 12.2 Å². The van der Waals surface area contributed by atoms with Crippen molar-refractivity contribution in [3.05, 3.63) is 23.5 Å². The molecule has 1 aromatic carbocycles. The molecule has 2 aliphatic rings. The van der Waals surface area contributed by atoms with Crippen LogP contribution in [0.2, 0.25) is 0 Å². The van der Waals surface area contributed by atoms with E-state index in [0.29, 0.717) is 28.2 Å². The lowest BCUT2D eigenvalue weighted by Gasteiger charge is -2.21. The van der Waals surface area contributed by atoms with Crippen LogP contribution in [0.5, 0.6) is 5.75 Å². The van der Waals surface area contributed by atoms with Crippen LogP contribution in [0.4, 0.5) is 10.1 Å². The topological polar surface area (TPSA) is 98.7 Å². The van der Waals surface area contributed by atoms with Gasteiger partial charge in [0.1, 0.15) is 18.0 Å². The summed E-state index contributed by atoms with van der Waals surface area (Å²) < 4.78 is 40.6. The lowest BCUT2D eigenvalue weighted by atomic mass is 9.90. The average molecular weight is 371 g/mol. The molecule has 0 spiro atoms. The van der Waals surface area contributed by atoms with E-state index in [-0.39, 0.29) is 0 Å². The third-order valence-corrected chi connectivity index (χ3v) is 6.14. The molecule has 7 nitrogen and oxygen atoms in total. The van der Waals surface area contributed by atoms with E-state index in [4.69, 9.17) is 0 Å². The summed E-state index contributed by atoms with van der Waals surface area (Å²) in [6.45, 7) is 2.49. The van der Waals surface area contributed by atoms with Gasteiger partial charge in [-0.2, -0.15) is 8.42 Å². The molecule has 2 saturated heterocycles. The standard InChI is InChI=1S/C16H22FN3O4S/c1-2-3-13-11(4-5-18-13)6-10-7-12(17)16(14(21)8-10)20-9-15(22)19-25(20,23)24/h7-8,11,13,18,21H,2-6,9H2,1H3,(H,19,22). The van der Waals surface area contributed by atoms with Crippen LogP contribution < -0.4 is 14.3 Å². The molecule has 1 aromatic rings. The Bertz CT molecular complexity index is 761. The molecule has 3 rings (SSSR count). The SMILES string of the molecule is CCCC1NCCC1Cc1cc(O)c(N2CC(=O)NS2(=O)=O)c(F)c1. The quantitative estimate of drug-likeness (QED) is 0.718. The van der Waals surface area contributed by atoms with E-state index < -0.39 is 39.9 Å². The second-order valence-corrected chi connectivity index (χ2v) is 8.18. The molecule has 0 saturated carbocycles. The van der Waals surface area contributed by atoms with Crippen LogP contribution >= 0.6 is 0 Å². The van der Waals surface area contributed by atoms with Gasteiger partial charge in [-0.05, 0) is 49.4 Å². The molecule has 2 heterocycles. The van der Waals surface area contributed by atoms with Gasteiger partial charge >= 0.3 is 10.2 Å². The summed E-state index contributed by atoms with van der Waals surface area (Å²) in [7, 11) is -4.16. The van der Waals surface area contributed by atoms with Crippen LogP contribution in [-0.2, 0) is 21.4 Å². The molecule has 0 aromatic heterocycles. The first kappa shape index (κ1) is 17.9.